The number of fused-ring (bicyclic) bond motifs is 1. The van der Waals surface area contributed by atoms with Gasteiger partial charge in [-0.05, 0) is 38.5 Å². The van der Waals surface area contributed by atoms with Gasteiger partial charge in [-0.25, -0.2) is 0 Å². The summed E-state index contributed by atoms with van der Waals surface area (Å²) in [6.07, 6.45) is 0. The second-order valence-corrected chi connectivity index (χ2v) is 6.53. The van der Waals surface area contributed by atoms with Gasteiger partial charge in [0.15, 0.2) is 11.5 Å². The van der Waals surface area contributed by atoms with Crippen LogP contribution in [0.4, 0.5) is 0 Å². The number of nitrogens with two attached hydrogens (primary N) is 1. The highest BCUT2D eigenvalue weighted by atomic mass is 79.9. The van der Waals surface area contributed by atoms with Crippen molar-refractivity contribution in [1.29, 1.82) is 5.26 Å². The Hall–Kier alpha value is -2.66. The van der Waals surface area contributed by atoms with Gasteiger partial charge in [0.05, 0.1) is 19.1 Å². The number of hydrogen-bond donors (Lipinski definition) is 2. The van der Waals surface area contributed by atoms with Crippen LogP contribution in [-0.4, -0.2) is 23.4 Å². The Morgan fingerprint density at radius 2 is 1.96 bits per heavy atom. The molecule has 8 heteroatoms. The van der Waals surface area contributed by atoms with Crippen molar-refractivity contribution in [2.75, 3.05) is 13.2 Å². The van der Waals surface area contributed by atoms with Crippen molar-refractivity contribution in [3.8, 4) is 23.4 Å². The summed E-state index contributed by atoms with van der Waals surface area (Å²) in [4.78, 5) is 0. The first-order chi connectivity index (χ1) is 12.5. The predicted octanol–water partition coefficient (Wildman–Crippen LogP) is 3.50. The van der Waals surface area contributed by atoms with Gasteiger partial charge >= 0.3 is 0 Å². The molecule has 1 aliphatic rings. The third-order valence-corrected chi connectivity index (χ3v) is 4.79. The maximum Gasteiger partial charge on any atom is 0.244 e. The Kier molecular flexibility index (Phi) is 5.09. The molecule has 0 radical (unpaired) electrons. The fourth-order valence-electron chi connectivity index (χ4n) is 3.02. The van der Waals surface area contributed by atoms with E-state index < -0.39 is 5.92 Å². The first-order valence-corrected chi connectivity index (χ1v) is 9.02. The number of aromatic amines is 1. The van der Waals surface area contributed by atoms with Crippen LogP contribution in [0.15, 0.2) is 28.1 Å². The largest absolute Gasteiger partial charge is 0.490 e. The number of nitrogens with zero attached hydrogens (tertiary/aromatic N) is 2. The number of aromatic nitrogens is 2. The molecule has 0 spiro atoms. The quantitative estimate of drug-likeness (QED) is 0.769. The van der Waals surface area contributed by atoms with E-state index in [1.807, 2.05) is 32.9 Å². The van der Waals surface area contributed by atoms with Crippen LogP contribution < -0.4 is 19.9 Å². The van der Waals surface area contributed by atoms with Gasteiger partial charge in [-0.3, -0.25) is 5.10 Å². The molecule has 0 unspecified atom stereocenters. The Bertz CT molecular complexity index is 914. The number of aryl methyl sites for hydroxylation is 1. The molecule has 136 valence electrons. The third-order valence-electron chi connectivity index (χ3n) is 4.10. The monoisotopic (exact) mass is 418 g/mol. The molecular weight excluding hydrogens is 400 g/mol. The van der Waals surface area contributed by atoms with E-state index in [1.54, 1.807) is 0 Å². The highest BCUT2D eigenvalue weighted by Crippen LogP contribution is 2.47. The number of ether oxygens (including phenoxy) is 3. The maximum absolute atomic E-state index is 9.68. The fourth-order valence-corrected chi connectivity index (χ4v) is 3.57. The van der Waals surface area contributed by atoms with Gasteiger partial charge in [-0.1, -0.05) is 15.9 Å². The SMILES string of the molecule is CCOc1cc(Br)c([C@@H]2C(C#N)=C(N)Oc3n[nH]c(C)c32)cc1OCC. The highest BCUT2D eigenvalue weighted by Gasteiger charge is 2.35. The Balaban J connectivity index is 2.22. The van der Waals surface area contributed by atoms with Crippen molar-refractivity contribution < 1.29 is 14.2 Å². The van der Waals surface area contributed by atoms with E-state index in [1.165, 1.54) is 0 Å². The van der Waals surface area contributed by atoms with Gasteiger partial charge in [0.1, 0.15) is 11.6 Å². The van der Waals surface area contributed by atoms with Crippen LogP contribution in [0.5, 0.6) is 17.4 Å². The van der Waals surface area contributed by atoms with Gasteiger partial charge < -0.3 is 19.9 Å². The third kappa shape index (κ3) is 2.99. The van der Waals surface area contributed by atoms with Crippen molar-refractivity contribution in [1.82, 2.24) is 10.2 Å². The van der Waals surface area contributed by atoms with Crippen molar-refractivity contribution in [3.63, 3.8) is 0 Å². The van der Waals surface area contributed by atoms with Gasteiger partial charge in [0, 0.05) is 15.7 Å². The van der Waals surface area contributed by atoms with Gasteiger partial charge in [-0.2, -0.15) is 5.26 Å². The van der Waals surface area contributed by atoms with Crippen molar-refractivity contribution in [2.24, 2.45) is 5.73 Å². The Morgan fingerprint density at radius 3 is 2.58 bits per heavy atom. The normalized spacial score (nSPS) is 15.9. The molecule has 1 aromatic carbocycles. The zero-order chi connectivity index (χ0) is 18.8. The molecule has 0 fully saturated rings. The van der Waals surface area contributed by atoms with Crippen LogP contribution in [-0.2, 0) is 0 Å². The Labute approximate surface area is 159 Å². The Morgan fingerprint density at radius 1 is 1.31 bits per heavy atom. The first kappa shape index (κ1) is 18.1. The van der Waals surface area contributed by atoms with Crippen LogP contribution in [0.25, 0.3) is 0 Å². The summed E-state index contributed by atoms with van der Waals surface area (Å²) in [5.41, 5.74) is 8.72. The van der Waals surface area contributed by atoms with E-state index in [0.717, 1.165) is 21.3 Å². The highest BCUT2D eigenvalue weighted by molar-refractivity contribution is 9.10. The minimum Gasteiger partial charge on any atom is -0.490 e. The summed E-state index contributed by atoms with van der Waals surface area (Å²) in [5.74, 6) is 1.25. The number of hydrogen-bond acceptors (Lipinski definition) is 6. The summed E-state index contributed by atoms with van der Waals surface area (Å²) < 4.78 is 17.7. The molecule has 1 atom stereocenters. The van der Waals surface area contributed by atoms with Crippen LogP contribution in [0.3, 0.4) is 0 Å². The van der Waals surface area contributed by atoms with Crippen molar-refractivity contribution in [2.45, 2.75) is 26.7 Å². The minimum atomic E-state index is -0.424. The molecular formula is C18H19BrN4O3. The number of rotatable bonds is 5. The molecule has 3 rings (SSSR count). The van der Waals surface area contributed by atoms with Crippen molar-refractivity contribution in [3.05, 3.63) is 44.9 Å². The average Bonchev–Trinajstić information content (AvgIpc) is 2.97. The standard InChI is InChI=1S/C18H19BrN4O3/c1-4-24-13-6-10(12(19)7-14(13)25-5-2)16-11(8-20)17(21)26-18-15(16)9(3)22-23-18/h6-7,16H,4-5,21H2,1-3H3,(H,22,23)/t16-/m1/s1. The lowest BCUT2D eigenvalue weighted by Crippen LogP contribution is -2.21. The van der Waals surface area contributed by atoms with Crippen LogP contribution >= 0.6 is 15.9 Å². The second-order valence-electron chi connectivity index (χ2n) is 5.68. The lowest BCUT2D eigenvalue weighted by Gasteiger charge is -2.25. The van der Waals surface area contributed by atoms with Gasteiger partial charge in [0.2, 0.25) is 11.8 Å². The number of benzene rings is 1. The molecule has 26 heavy (non-hydrogen) atoms. The van der Waals surface area contributed by atoms with Gasteiger partial charge in [0.25, 0.3) is 0 Å². The number of nitrogens with one attached hydrogen (secondary N) is 1. The molecule has 0 amide bonds. The summed E-state index contributed by atoms with van der Waals surface area (Å²) in [7, 11) is 0. The fraction of sp³-hybridized carbons (Fsp3) is 0.333. The molecule has 0 saturated heterocycles. The molecule has 2 heterocycles. The molecule has 7 nitrogen and oxygen atoms in total. The van der Waals surface area contributed by atoms with E-state index in [0.29, 0.717) is 36.2 Å². The molecule has 0 aliphatic carbocycles. The zero-order valence-electron chi connectivity index (χ0n) is 14.7. The summed E-state index contributed by atoms with van der Waals surface area (Å²) in [6.45, 7) is 6.71. The number of H-pyrrole nitrogens is 1. The number of allylic oxidation sites excluding steroid dienone is 1. The molecule has 0 bridgehead atoms. The van der Waals surface area contributed by atoms with Crippen molar-refractivity contribution >= 4 is 15.9 Å². The van der Waals surface area contributed by atoms with Crippen LogP contribution in [0.1, 0.15) is 36.6 Å². The molecule has 0 saturated carbocycles. The average molecular weight is 419 g/mol. The predicted molar refractivity (Wildman–Crippen MR) is 99.1 cm³/mol. The van der Waals surface area contributed by atoms with Gasteiger partial charge in [-0.15, -0.1) is 5.10 Å². The zero-order valence-corrected chi connectivity index (χ0v) is 16.3. The maximum atomic E-state index is 9.68. The lowest BCUT2D eigenvalue weighted by atomic mass is 9.84. The number of halogens is 1. The molecule has 2 aromatic rings. The summed E-state index contributed by atoms with van der Waals surface area (Å²) in [5, 5.41) is 16.7. The molecule has 3 N–H and O–H groups in total. The van der Waals surface area contributed by atoms with E-state index in [2.05, 4.69) is 32.2 Å². The van der Waals surface area contributed by atoms with Crippen LogP contribution in [0, 0.1) is 18.3 Å². The summed E-state index contributed by atoms with van der Waals surface area (Å²) >= 11 is 3.60. The van der Waals surface area contributed by atoms with Crippen LogP contribution in [0.2, 0.25) is 0 Å². The minimum absolute atomic E-state index is 0.0512. The van der Waals surface area contributed by atoms with E-state index in [-0.39, 0.29) is 5.88 Å². The summed E-state index contributed by atoms with van der Waals surface area (Å²) in [6, 6.07) is 5.89. The van der Waals surface area contributed by atoms with E-state index in [9.17, 15) is 5.26 Å². The van der Waals surface area contributed by atoms with E-state index >= 15 is 0 Å². The smallest absolute Gasteiger partial charge is 0.244 e. The topological polar surface area (TPSA) is 106 Å². The lowest BCUT2D eigenvalue weighted by molar-refractivity contribution is 0.287. The molecule has 1 aliphatic heterocycles. The number of nitriles is 1. The molecule has 1 aromatic heterocycles. The second kappa shape index (κ2) is 7.30. The van der Waals surface area contributed by atoms with E-state index in [4.69, 9.17) is 19.9 Å². The first-order valence-electron chi connectivity index (χ1n) is 8.23.